The number of benzene rings is 2. The van der Waals surface area contributed by atoms with E-state index in [0.717, 1.165) is 16.7 Å². The number of urea groups is 1. The van der Waals surface area contributed by atoms with Crippen molar-refractivity contribution < 1.29 is 23.9 Å². The van der Waals surface area contributed by atoms with Crippen molar-refractivity contribution >= 4 is 11.8 Å². The number of hydroxylamine groups is 2. The second kappa shape index (κ2) is 9.85. The molecule has 0 saturated heterocycles. The number of aryl methyl sites for hydroxylation is 2. The van der Waals surface area contributed by atoms with Crippen LogP contribution in [0.25, 0.3) is 0 Å². The van der Waals surface area contributed by atoms with Crippen LogP contribution in [0.2, 0.25) is 0 Å². The number of rotatable bonds is 8. The number of ketones is 1. The predicted molar refractivity (Wildman–Crippen MR) is 114 cm³/mol. The smallest absolute Gasteiger partial charge is 0.350 e. The van der Waals surface area contributed by atoms with Gasteiger partial charge in [-0.1, -0.05) is 36.2 Å². The summed E-state index contributed by atoms with van der Waals surface area (Å²) in [7, 11) is 0. The molecule has 0 spiro atoms. The first kappa shape index (κ1) is 22.7. The van der Waals surface area contributed by atoms with E-state index in [1.165, 1.54) is 17.0 Å². The lowest BCUT2D eigenvalue weighted by Crippen LogP contribution is -2.49. The standard InChI is InChI=1S/C24H27FN2O4/c1-4-19-14-27(30)24(29)26(15-31-10-9-18-5-7-21(25)8-6-18)22(19)23(28)20-12-16(2)11-17(3)13-20/h5-8,11-13,30H,4,9-10,14-15H2,1-3H3. The van der Waals surface area contributed by atoms with Crippen molar-refractivity contribution in [3.63, 3.8) is 0 Å². The predicted octanol–water partition coefficient (Wildman–Crippen LogP) is 4.63. The number of allylic oxidation sites excluding steroid dienone is 1. The molecule has 0 unspecified atom stereocenters. The highest BCUT2D eigenvalue weighted by atomic mass is 19.1. The summed E-state index contributed by atoms with van der Waals surface area (Å²) in [5, 5.41) is 10.7. The number of halogens is 1. The van der Waals surface area contributed by atoms with E-state index in [1.54, 1.807) is 24.3 Å². The SMILES string of the molecule is CCC1=C(C(=O)c2cc(C)cc(C)c2)N(COCCc2ccc(F)cc2)C(=O)N(O)C1. The van der Waals surface area contributed by atoms with Crippen molar-refractivity contribution in [2.75, 3.05) is 19.9 Å². The van der Waals surface area contributed by atoms with Crippen molar-refractivity contribution in [1.29, 1.82) is 0 Å². The number of ether oxygens (including phenoxy) is 1. The Kier molecular flexibility index (Phi) is 7.20. The third-order valence-corrected chi connectivity index (χ3v) is 5.19. The van der Waals surface area contributed by atoms with Gasteiger partial charge in [0.05, 0.1) is 18.8 Å². The Hall–Kier alpha value is -3.03. The van der Waals surface area contributed by atoms with Crippen molar-refractivity contribution in [1.82, 2.24) is 9.96 Å². The van der Waals surface area contributed by atoms with Gasteiger partial charge in [-0.2, -0.15) is 0 Å². The molecule has 0 bridgehead atoms. The molecule has 0 radical (unpaired) electrons. The zero-order valence-electron chi connectivity index (χ0n) is 18.0. The molecule has 2 amide bonds. The molecule has 0 aromatic heterocycles. The minimum Gasteiger partial charge on any atom is -0.360 e. The van der Waals surface area contributed by atoms with Crippen LogP contribution < -0.4 is 0 Å². The maximum Gasteiger partial charge on any atom is 0.350 e. The maximum atomic E-state index is 13.4. The number of nitrogens with zero attached hydrogens (tertiary/aromatic N) is 2. The van der Waals surface area contributed by atoms with Crippen LogP contribution in [-0.2, 0) is 11.2 Å². The molecule has 0 fully saturated rings. The molecule has 7 heteroatoms. The van der Waals surface area contributed by atoms with Gasteiger partial charge in [-0.3, -0.25) is 14.9 Å². The van der Waals surface area contributed by atoms with Gasteiger partial charge in [-0.05, 0) is 62.1 Å². The molecule has 0 atom stereocenters. The van der Waals surface area contributed by atoms with Gasteiger partial charge in [0.15, 0.2) is 0 Å². The normalized spacial score (nSPS) is 14.4. The second-order valence-electron chi connectivity index (χ2n) is 7.69. The Morgan fingerprint density at radius 2 is 1.77 bits per heavy atom. The first-order valence-electron chi connectivity index (χ1n) is 10.2. The van der Waals surface area contributed by atoms with E-state index < -0.39 is 6.03 Å². The quantitative estimate of drug-likeness (QED) is 0.380. The Bertz CT molecular complexity index is 981. The summed E-state index contributed by atoms with van der Waals surface area (Å²) < 4.78 is 18.7. The third-order valence-electron chi connectivity index (χ3n) is 5.19. The molecule has 31 heavy (non-hydrogen) atoms. The highest BCUT2D eigenvalue weighted by molar-refractivity contribution is 6.11. The summed E-state index contributed by atoms with van der Waals surface area (Å²) in [4.78, 5) is 27.2. The molecule has 6 nitrogen and oxygen atoms in total. The van der Waals surface area contributed by atoms with Gasteiger partial charge in [0.2, 0.25) is 5.78 Å². The molecule has 3 rings (SSSR count). The van der Waals surface area contributed by atoms with E-state index in [4.69, 9.17) is 4.74 Å². The Morgan fingerprint density at radius 1 is 1.13 bits per heavy atom. The van der Waals surface area contributed by atoms with E-state index >= 15 is 0 Å². The van der Waals surface area contributed by atoms with Gasteiger partial charge in [-0.25, -0.2) is 14.2 Å². The summed E-state index contributed by atoms with van der Waals surface area (Å²) in [6.45, 7) is 5.78. The topological polar surface area (TPSA) is 70.1 Å². The van der Waals surface area contributed by atoms with Crippen LogP contribution in [0.3, 0.4) is 0 Å². The van der Waals surface area contributed by atoms with Gasteiger partial charge in [0, 0.05) is 5.56 Å². The molecule has 0 aliphatic carbocycles. The average molecular weight is 426 g/mol. The monoisotopic (exact) mass is 426 g/mol. The van der Waals surface area contributed by atoms with Crippen molar-refractivity contribution in [2.45, 2.75) is 33.6 Å². The molecule has 2 aromatic carbocycles. The van der Waals surface area contributed by atoms with E-state index in [9.17, 15) is 19.2 Å². The number of hydrogen-bond donors (Lipinski definition) is 1. The summed E-state index contributed by atoms with van der Waals surface area (Å²) >= 11 is 0. The van der Waals surface area contributed by atoms with Gasteiger partial charge >= 0.3 is 6.03 Å². The summed E-state index contributed by atoms with van der Waals surface area (Å²) in [6, 6.07) is 11.0. The highest BCUT2D eigenvalue weighted by Gasteiger charge is 2.35. The molecule has 1 N–H and O–H groups in total. The first-order chi connectivity index (χ1) is 14.8. The number of carbonyl (C=O) groups is 2. The Labute approximate surface area is 181 Å². The van der Waals surface area contributed by atoms with Gasteiger partial charge in [-0.15, -0.1) is 0 Å². The minimum atomic E-state index is -0.702. The van der Waals surface area contributed by atoms with Gasteiger partial charge in [0.25, 0.3) is 0 Å². The van der Waals surface area contributed by atoms with Gasteiger partial charge in [0.1, 0.15) is 12.5 Å². The lowest BCUT2D eigenvalue weighted by molar-refractivity contribution is -0.0647. The fraction of sp³-hybridized carbons (Fsp3) is 0.333. The van der Waals surface area contributed by atoms with Crippen LogP contribution in [0.1, 0.15) is 40.4 Å². The van der Waals surface area contributed by atoms with Crippen LogP contribution in [-0.4, -0.2) is 46.9 Å². The molecule has 164 valence electrons. The highest BCUT2D eigenvalue weighted by Crippen LogP contribution is 2.26. The van der Waals surface area contributed by atoms with Crippen molar-refractivity contribution in [2.24, 2.45) is 0 Å². The summed E-state index contributed by atoms with van der Waals surface area (Å²) in [5.74, 6) is -0.578. The second-order valence-corrected chi connectivity index (χ2v) is 7.69. The van der Waals surface area contributed by atoms with E-state index in [-0.39, 0.29) is 37.2 Å². The third kappa shape index (κ3) is 5.37. The number of hydrogen-bond acceptors (Lipinski definition) is 4. The molecule has 0 saturated carbocycles. The Balaban J connectivity index is 1.80. The van der Waals surface area contributed by atoms with Crippen LogP contribution in [0, 0.1) is 19.7 Å². The molecule has 1 heterocycles. The van der Waals surface area contributed by atoms with Crippen LogP contribution in [0.15, 0.2) is 53.7 Å². The lowest BCUT2D eigenvalue weighted by atomic mass is 9.97. The fourth-order valence-electron chi connectivity index (χ4n) is 3.67. The number of carbonyl (C=O) groups excluding carboxylic acids is 2. The van der Waals surface area contributed by atoms with Crippen LogP contribution >= 0.6 is 0 Å². The lowest BCUT2D eigenvalue weighted by Gasteiger charge is -2.34. The number of Topliss-reactive ketones (excluding diaryl/α,β-unsaturated/α-hetero) is 1. The number of amides is 2. The van der Waals surface area contributed by atoms with Gasteiger partial charge < -0.3 is 4.74 Å². The summed E-state index contributed by atoms with van der Waals surface area (Å²) in [6.07, 6.45) is 1.03. The summed E-state index contributed by atoms with van der Waals surface area (Å²) in [5.41, 5.74) is 4.21. The molecular formula is C24H27FN2O4. The minimum absolute atomic E-state index is 0.0206. The van der Waals surface area contributed by atoms with Crippen LogP contribution in [0.4, 0.5) is 9.18 Å². The molecule has 2 aromatic rings. The Morgan fingerprint density at radius 3 is 2.39 bits per heavy atom. The van der Waals surface area contributed by atoms with Crippen LogP contribution in [0.5, 0.6) is 0 Å². The molecular weight excluding hydrogens is 399 g/mol. The van der Waals surface area contributed by atoms with E-state index in [2.05, 4.69) is 0 Å². The van der Waals surface area contributed by atoms with E-state index in [0.29, 0.717) is 29.0 Å². The maximum absolute atomic E-state index is 13.4. The first-order valence-corrected chi connectivity index (χ1v) is 10.2. The zero-order chi connectivity index (χ0) is 22.5. The molecule has 1 aliphatic heterocycles. The van der Waals surface area contributed by atoms with E-state index in [1.807, 2.05) is 26.8 Å². The fourth-order valence-corrected chi connectivity index (χ4v) is 3.67. The van der Waals surface area contributed by atoms with Crippen molar-refractivity contribution in [3.05, 3.63) is 81.8 Å². The average Bonchev–Trinajstić information content (AvgIpc) is 2.73. The zero-order valence-corrected chi connectivity index (χ0v) is 18.0. The molecule has 1 aliphatic rings. The van der Waals surface area contributed by atoms with Crippen molar-refractivity contribution in [3.8, 4) is 0 Å². The largest absolute Gasteiger partial charge is 0.360 e.